The molecule has 0 aliphatic rings. The van der Waals surface area contributed by atoms with Crippen molar-refractivity contribution in [3.8, 4) is 17.0 Å². The Morgan fingerprint density at radius 3 is 2.30 bits per heavy atom. The highest BCUT2D eigenvalue weighted by Gasteiger charge is 2.11. The van der Waals surface area contributed by atoms with Gasteiger partial charge in [0, 0.05) is 5.56 Å². The van der Waals surface area contributed by atoms with Crippen molar-refractivity contribution in [1.82, 2.24) is 10.2 Å². The van der Waals surface area contributed by atoms with Crippen LogP contribution in [0.1, 0.15) is 0 Å². The van der Waals surface area contributed by atoms with Crippen molar-refractivity contribution in [3.63, 3.8) is 0 Å². The van der Waals surface area contributed by atoms with Crippen LogP contribution >= 0.6 is 0 Å². The highest BCUT2D eigenvalue weighted by molar-refractivity contribution is 5.71. The number of aromatic amines is 2. The van der Waals surface area contributed by atoms with E-state index in [9.17, 15) is 9.18 Å². The topological polar surface area (TPSA) is 82.6 Å². The summed E-state index contributed by atoms with van der Waals surface area (Å²) in [4.78, 5) is 11.9. The van der Waals surface area contributed by atoms with Crippen molar-refractivity contribution in [1.29, 1.82) is 0 Å². The van der Waals surface area contributed by atoms with E-state index in [1.807, 2.05) is 0 Å². The maximum absolute atomic E-state index is 12.9. The predicted octanol–water partition coefficient (Wildman–Crippen LogP) is 3.93. The Morgan fingerprint density at radius 2 is 1.65 bits per heavy atom. The van der Waals surface area contributed by atoms with E-state index in [0.717, 1.165) is 5.56 Å². The van der Waals surface area contributed by atoms with Gasteiger partial charge in [-0.05, 0) is 48.5 Å². The van der Waals surface area contributed by atoms with Crippen molar-refractivity contribution in [3.05, 3.63) is 64.7 Å². The number of aromatic nitrogens is 2. The van der Waals surface area contributed by atoms with Crippen molar-refractivity contribution in [2.75, 3.05) is 7.11 Å². The summed E-state index contributed by atoms with van der Waals surface area (Å²) in [5.74, 6) is 0.350. The molecule has 1 heterocycles. The number of hydrogen-bond acceptors (Lipinski definition) is 4. The number of hydrogen-bond donors (Lipinski definition) is 2. The number of H-pyrrole nitrogens is 2. The normalized spacial score (nSPS) is 11.0. The molecular formula is C16H13FN4O2. The first-order chi connectivity index (χ1) is 11.2. The molecule has 0 saturated heterocycles. The molecule has 23 heavy (non-hydrogen) atoms. The third-order valence-electron chi connectivity index (χ3n) is 3.22. The molecule has 3 aromatic rings. The summed E-state index contributed by atoms with van der Waals surface area (Å²) in [6, 6.07) is 12.7. The smallest absolute Gasteiger partial charge is 0.292 e. The molecule has 2 N–H and O–H groups in total. The molecule has 1 aromatic heterocycles. The van der Waals surface area contributed by atoms with Crippen LogP contribution in [0.4, 0.5) is 15.8 Å². The second-order valence-electron chi connectivity index (χ2n) is 4.71. The lowest BCUT2D eigenvalue weighted by molar-refractivity contribution is 0.415. The molecule has 0 radical (unpaired) electrons. The van der Waals surface area contributed by atoms with Gasteiger partial charge in [0.1, 0.15) is 11.6 Å². The maximum atomic E-state index is 12.9. The van der Waals surface area contributed by atoms with Crippen LogP contribution in [0.3, 0.4) is 0 Å². The number of benzene rings is 2. The van der Waals surface area contributed by atoms with E-state index < -0.39 is 0 Å². The minimum absolute atomic E-state index is 0.152. The van der Waals surface area contributed by atoms with E-state index in [1.165, 1.54) is 24.3 Å². The zero-order valence-electron chi connectivity index (χ0n) is 12.2. The molecule has 0 unspecified atom stereocenters. The van der Waals surface area contributed by atoms with Gasteiger partial charge in [0.05, 0.1) is 18.5 Å². The van der Waals surface area contributed by atoms with E-state index in [4.69, 9.17) is 4.74 Å². The van der Waals surface area contributed by atoms with Crippen molar-refractivity contribution in [2.45, 2.75) is 0 Å². The van der Waals surface area contributed by atoms with Gasteiger partial charge >= 0.3 is 0 Å². The Labute approximate surface area is 130 Å². The number of nitrogens with zero attached hydrogens (tertiary/aromatic N) is 2. The molecule has 0 aliphatic heterocycles. The molecule has 0 atom stereocenters. The lowest BCUT2D eigenvalue weighted by Crippen LogP contribution is -1.96. The third-order valence-corrected chi connectivity index (χ3v) is 3.22. The van der Waals surface area contributed by atoms with Crippen LogP contribution in [0, 0.1) is 5.82 Å². The van der Waals surface area contributed by atoms with Gasteiger partial charge in [-0.15, -0.1) is 5.11 Å². The Morgan fingerprint density at radius 1 is 0.957 bits per heavy atom. The Bertz CT molecular complexity index is 880. The molecule has 0 saturated carbocycles. The molecular weight excluding hydrogens is 299 g/mol. The van der Waals surface area contributed by atoms with Crippen LogP contribution in [-0.2, 0) is 0 Å². The van der Waals surface area contributed by atoms with Crippen LogP contribution in [0.5, 0.6) is 5.75 Å². The largest absolute Gasteiger partial charge is 0.497 e. The summed E-state index contributed by atoms with van der Waals surface area (Å²) in [5, 5.41) is 13.2. The van der Waals surface area contributed by atoms with Gasteiger partial charge in [-0.1, -0.05) is 0 Å². The fourth-order valence-electron chi connectivity index (χ4n) is 2.03. The molecule has 0 bridgehead atoms. The first-order valence-corrected chi connectivity index (χ1v) is 6.80. The van der Waals surface area contributed by atoms with Crippen LogP contribution in [0.2, 0.25) is 0 Å². The number of azo groups is 1. The standard InChI is InChI=1S/C16H13FN4O2/c1-23-13-8-2-10(3-9-13)14-15(16(22)21-19-14)20-18-12-6-4-11(17)5-7-12/h2-9H,1H3,(H2,19,21,22). The van der Waals surface area contributed by atoms with Crippen molar-refractivity contribution in [2.24, 2.45) is 10.2 Å². The highest BCUT2D eigenvalue weighted by atomic mass is 19.1. The minimum Gasteiger partial charge on any atom is -0.497 e. The van der Waals surface area contributed by atoms with Crippen LogP contribution < -0.4 is 10.3 Å². The van der Waals surface area contributed by atoms with E-state index in [1.54, 1.807) is 31.4 Å². The number of halogens is 1. The Hall–Kier alpha value is -3.22. The third kappa shape index (κ3) is 3.18. The zero-order chi connectivity index (χ0) is 16.2. The number of ether oxygens (including phenoxy) is 1. The Kier molecular flexibility index (Phi) is 4.01. The fraction of sp³-hybridized carbons (Fsp3) is 0.0625. The average molecular weight is 312 g/mol. The Balaban J connectivity index is 1.95. The summed E-state index contributed by atoms with van der Waals surface area (Å²) < 4.78 is 18.0. The van der Waals surface area contributed by atoms with Crippen LogP contribution in [0.15, 0.2) is 63.6 Å². The zero-order valence-corrected chi connectivity index (χ0v) is 12.2. The van der Waals surface area contributed by atoms with Gasteiger partial charge in [0.2, 0.25) is 0 Å². The van der Waals surface area contributed by atoms with E-state index in [2.05, 4.69) is 20.4 Å². The number of nitrogens with one attached hydrogen (secondary N) is 2. The number of methoxy groups -OCH3 is 1. The molecule has 0 amide bonds. The number of rotatable bonds is 4. The highest BCUT2D eigenvalue weighted by Crippen LogP contribution is 2.27. The first-order valence-electron chi connectivity index (χ1n) is 6.80. The second kappa shape index (κ2) is 6.27. The first kappa shape index (κ1) is 14.7. The van der Waals surface area contributed by atoms with Crippen LogP contribution in [-0.4, -0.2) is 17.3 Å². The summed E-state index contributed by atoms with van der Waals surface area (Å²) in [6.07, 6.45) is 0. The van der Waals surface area contributed by atoms with Crippen molar-refractivity contribution < 1.29 is 9.13 Å². The SMILES string of the molecule is COc1ccc(-c2[nH][nH]c(=O)c2N=Nc2ccc(F)cc2)cc1. The lowest BCUT2D eigenvalue weighted by Gasteiger charge is -2.01. The van der Waals surface area contributed by atoms with Gasteiger partial charge in [-0.2, -0.15) is 5.11 Å². The van der Waals surface area contributed by atoms with Gasteiger partial charge in [0.15, 0.2) is 5.69 Å². The predicted molar refractivity (Wildman–Crippen MR) is 84.0 cm³/mol. The molecule has 116 valence electrons. The average Bonchev–Trinajstić information content (AvgIpc) is 2.95. The molecule has 6 nitrogen and oxygen atoms in total. The van der Waals surface area contributed by atoms with Crippen LogP contribution in [0.25, 0.3) is 11.3 Å². The van der Waals surface area contributed by atoms with E-state index >= 15 is 0 Å². The van der Waals surface area contributed by atoms with Gasteiger partial charge in [0.25, 0.3) is 5.56 Å². The molecule has 0 spiro atoms. The van der Waals surface area contributed by atoms with E-state index in [-0.39, 0.29) is 17.1 Å². The molecule has 0 aliphatic carbocycles. The minimum atomic E-state index is -0.387. The summed E-state index contributed by atoms with van der Waals surface area (Å²) in [6.45, 7) is 0. The molecule has 7 heteroatoms. The van der Waals surface area contributed by atoms with E-state index in [0.29, 0.717) is 17.1 Å². The van der Waals surface area contributed by atoms with Gasteiger partial charge < -0.3 is 4.74 Å². The quantitative estimate of drug-likeness (QED) is 0.715. The van der Waals surface area contributed by atoms with Gasteiger partial charge in [-0.3, -0.25) is 15.0 Å². The van der Waals surface area contributed by atoms with Crippen molar-refractivity contribution >= 4 is 11.4 Å². The summed E-state index contributed by atoms with van der Waals surface area (Å²) in [7, 11) is 1.58. The second-order valence-corrected chi connectivity index (χ2v) is 4.71. The lowest BCUT2D eigenvalue weighted by atomic mass is 10.1. The monoisotopic (exact) mass is 312 g/mol. The molecule has 0 fully saturated rings. The summed E-state index contributed by atoms with van der Waals surface area (Å²) >= 11 is 0. The van der Waals surface area contributed by atoms with Gasteiger partial charge in [-0.25, -0.2) is 4.39 Å². The molecule has 2 aromatic carbocycles. The fourth-order valence-corrected chi connectivity index (χ4v) is 2.03. The summed E-state index contributed by atoms with van der Waals surface area (Å²) in [5.41, 5.74) is 1.49. The maximum Gasteiger partial charge on any atom is 0.292 e. The molecule has 3 rings (SSSR count).